The van der Waals surface area contributed by atoms with E-state index in [-0.39, 0.29) is 0 Å². The maximum absolute atomic E-state index is 5.84. The molecule has 0 aliphatic carbocycles. The van der Waals surface area contributed by atoms with E-state index in [1.165, 1.54) is 16.3 Å². The van der Waals surface area contributed by atoms with Crippen molar-refractivity contribution in [2.75, 3.05) is 0 Å². The van der Waals surface area contributed by atoms with Gasteiger partial charge in [-0.3, -0.25) is 0 Å². The van der Waals surface area contributed by atoms with Gasteiger partial charge in [-0.05, 0) is 36.6 Å². The van der Waals surface area contributed by atoms with Crippen molar-refractivity contribution in [3.05, 3.63) is 42.0 Å². The molecular formula is C14H14O. The second-order valence-electron chi connectivity index (χ2n) is 4.23. The Hall–Kier alpha value is -1.50. The van der Waals surface area contributed by atoms with Crippen molar-refractivity contribution < 1.29 is 4.74 Å². The molecule has 0 aromatic heterocycles. The van der Waals surface area contributed by atoms with Gasteiger partial charge in [-0.1, -0.05) is 30.3 Å². The zero-order valence-electron chi connectivity index (χ0n) is 8.86. The van der Waals surface area contributed by atoms with E-state index in [0.29, 0.717) is 6.10 Å². The van der Waals surface area contributed by atoms with E-state index in [0.717, 1.165) is 18.6 Å². The molecule has 1 aliphatic rings. The Morgan fingerprint density at radius 1 is 1.13 bits per heavy atom. The molecule has 0 radical (unpaired) electrons. The molecule has 0 bridgehead atoms. The largest absolute Gasteiger partial charge is 0.490 e. The number of hydrogen-bond acceptors (Lipinski definition) is 1. The fraction of sp³-hybridized carbons (Fsp3) is 0.286. The van der Waals surface area contributed by atoms with E-state index in [1.807, 2.05) is 0 Å². The maximum atomic E-state index is 5.84. The van der Waals surface area contributed by atoms with Crippen LogP contribution in [-0.4, -0.2) is 6.10 Å². The zero-order valence-corrected chi connectivity index (χ0v) is 8.86. The molecule has 1 nitrogen and oxygen atoms in total. The van der Waals surface area contributed by atoms with Crippen LogP contribution >= 0.6 is 0 Å². The molecule has 1 heteroatoms. The molecule has 2 aromatic rings. The summed E-state index contributed by atoms with van der Waals surface area (Å²) in [6.07, 6.45) is 2.62. The van der Waals surface area contributed by atoms with Gasteiger partial charge < -0.3 is 4.74 Å². The van der Waals surface area contributed by atoms with Gasteiger partial charge in [0.1, 0.15) is 5.75 Å². The van der Waals surface area contributed by atoms with Crippen LogP contribution in [0.25, 0.3) is 10.8 Å². The molecule has 15 heavy (non-hydrogen) atoms. The van der Waals surface area contributed by atoms with Gasteiger partial charge in [0.2, 0.25) is 0 Å². The third-order valence-corrected chi connectivity index (χ3v) is 3.13. The number of aryl methyl sites for hydroxylation is 1. The summed E-state index contributed by atoms with van der Waals surface area (Å²) in [5.74, 6) is 1.08. The van der Waals surface area contributed by atoms with Gasteiger partial charge in [0, 0.05) is 5.56 Å². The van der Waals surface area contributed by atoms with E-state index in [4.69, 9.17) is 4.74 Å². The lowest BCUT2D eigenvalue weighted by Crippen LogP contribution is -2.18. The monoisotopic (exact) mass is 198 g/mol. The number of ether oxygens (including phenoxy) is 1. The summed E-state index contributed by atoms with van der Waals surface area (Å²) < 4.78 is 5.84. The van der Waals surface area contributed by atoms with Crippen molar-refractivity contribution >= 4 is 10.8 Å². The minimum absolute atomic E-state index is 0.360. The maximum Gasteiger partial charge on any atom is 0.123 e. The lowest BCUT2D eigenvalue weighted by molar-refractivity contribution is 0.193. The SMILES string of the molecule is CC1CCc2c(ccc3ccccc23)O1. The van der Waals surface area contributed by atoms with Crippen LogP contribution in [-0.2, 0) is 6.42 Å². The van der Waals surface area contributed by atoms with Gasteiger partial charge in [0.25, 0.3) is 0 Å². The number of hydrogen-bond donors (Lipinski definition) is 0. The molecule has 1 aliphatic heterocycles. The van der Waals surface area contributed by atoms with Crippen LogP contribution in [0, 0.1) is 0 Å². The number of rotatable bonds is 0. The normalized spacial score (nSPS) is 19.7. The molecule has 3 rings (SSSR count). The van der Waals surface area contributed by atoms with E-state index >= 15 is 0 Å². The van der Waals surface area contributed by atoms with Crippen molar-refractivity contribution in [3.8, 4) is 5.75 Å². The average Bonchev–Trinajstić information content (AvgIpc) is 2.28. The van der Waals surface area contributed by atoms with Crippen LogP contribution in [0.5, 0.6) is 5.75 Å². The lowest BCUT2D eigenvalue weighted by Gasteiger charge is -2.24. The van der Waals surface area contributed by atoms with Crippen LogP contribution in [0.15, 0.2) is 36.4 Å². The molecule has 0 spiro atoms. The fourth-order valence-corrected chi connectivity index (χ4v) is 2.31. The first-order chi connectivity index (χ1) is 7.34. The van der Waals surface area contributed by atoms with Gasteiger partial charge in [-0.2, -0.15) is 0 Å². The van der Waals surface area contributed by atoms with Crippen molar-refractivity contribution in [1.29, 1.82) is 0 Å². The Bertz CT molecular complexity index is 502. The van der Waals surface area contributed by atoms with Gasteiger partial charge in [0.15, 0.2) is 0 Å². The highest BCUT2D eigenvalue weighted by Gasteiger charge is 2.17. The van der Waals surface area contributed by atoms with Crippen LogP contribution in [0.4, 0.5) is 0 Å². The average molecular weight is 198 g/mol. The highest BCUT2D eigenvalue weighted by Crippen LogP contribution is 2.33. The molecule has 1 unspecified atom stereocenters. The van der Waals surface area contributed by atoms with Crippen molar-refractivity contribution in [1.82, 2.24) is 0 Å². The van der Waals surface area contributed by atoms with Gasteiger partial charge in [-0.25, -0.2) is 0 Å². The smallest absolute Gasteiger partial charge is 0.123 e. The third kappa shape index (κ3) is 1.39. The molecule has 0 saturated heterocycles. The Morgan fingerprint density at radius 2 is 2.00 bits per heavy atom. The van der Waals surface area contributed by atoms with E-state index in [2.05, 4.69) is 43.3 Å². The quantitative estimate of drug-likeness (QED) is 0.629. The molecular weight excluding hydrogens is 184 g/mol. The summed E-state index contributed by atoms with van der Waals surface area (Å²) in [6, 6.07) is 12.8. The highest BCUT2D eigenvalue weighted by molar-refractivity contribution is 5.87. The zero-order chi connectivity index (χ0) is 10.3. The Balaban J connectivity index is 2.25. The predicted octanol–water partition coefficient (Wildman–Crippen LogP) is 3.55. The minimum Gasteiger partial charge on any atom is -0.490 e. The van der Waals surface area contributed by atoms with Crippen molar-refractivity contribution in [2.24, 2.45) is 0 Å². The first-order valence-corrected chi connectivity index (χ1v) is 5.52. The second-order valence-corrected chi connectivity index (χ2v) is 4.23. The molecule has 76 valence electrons. The Morgan fingerprint density at radius 3 is 2.93 bits per heavy atom. The Labute approximate surface area is 89.7 Å². The van der Waals surface area contributed by atoms with Crippen molar-refractivity contribution in [2.45, 2.75) is 25.9 Å². The topological polar surface area (TPSA) is 9.23 Å². The molecule has 1 atom stereocenters. The highest BCUT2D eigenvalue weighted by atomic mass is 16.5. The summed E-state index contributed by atoms with van der Waals surface area (Å²) in [6.45, 7) is 2.14. The lowest BCUT2D eigenvalue weighted by atomic mass is 9.96. The summed E-state index contributed by atoms with van der Waals surface area (Å²) >= 11 is 0. The summed E-state index contributed by atoms with van der Waals surface area (Å²) in [5.41, 5.74) is 1.38. The first-order valence-electron chi connectivity index (χ1n) is 5.52. The predicted molar refractivity (Wildman–Crippen MR) is 62.4 cm³/mol. The van der Waals surface area contributed by atoms with Crippen LogP contribution in [0.2, 0.25) is 0 Å². The first kappa shape index (κ1) is 8.78. The molecule has 2 aromatic carbocycles. The van der Waals surface area contributed by atoms with Crippen LogP contribution < -0.4 is 4.74 Å². The summed E-state index contributed by atoms with van der Waals surface area (Å²) in [7, 11) is 0. The fourth-order valence-electron chi connectivity index (χ4n) is 2.31. The van der Waals surface area contributed by atoms with E-state index in [9.17, 15) is 0 Å². The minimum atomic E-state index is 0.360. The van der Waals surface area contributed by atoms with Gasteiger partial charge in [-0.15, -0.1) is 0 Å². The molecule has 0 fully saturated rings. The standard InChI is InChI=1S/C14H14O/c1-10-6-8-13-12-5-3-2-4-11(12)7-9-14(13)15-10/h2-5,7,9-10H,6,8H2,1H3. The summed E-state index contributed by atoms with van der Waals surface area (Å²) in [4.78, 5) is 0. The van der Waals surface area contributed by atoms with E-state index < -0.39 is 0 Å². The second kappa shape index (κ2) is 3.27. The third-order valence-electron chi connectivity index (χ3n) is 3.13. The molecule has 0 N–H and O–H groups in total. The van der Waals surface area contributed by atoms with Crippen LogP contribution in [0.1, 0.15) is 18.9 Å². The number of fused-ring (bicyclic) bond motifs is 3. The van der Waals surface area contributed by atoms with Crippen molar-refractivity contribution in [3.63, 3.8) is 0 Å². The van der Waals surface area contributed by atoms with E-state index in [1.54, 1.807) is 0 Å². The summed E-state index contributed by atoms with van der Waals surface area (Å²) in [5, 5.41) is 2.66. The molecule has 1 heterocycles. The Kier molecular flexibility index (Phi) is 1.91. The number of benzene rings is 2. The van der Waals surface area contributed by atoms with Gasteiger partial charge in [0.05, 0.1) is 6.10 Å². The molecule has 0 saturated carbocycles. The van der Waals surface area contributed by atoms with Gasteiger partial charge >= 0.3 is 0 Å². The van der Waals surface area contributed by atoms with Crippen LogP contribution in [0.3, 0.4) is 0 Å². The molecule has 0 amide bonds.